The fourth-order valence-corrected chi connectivity index (χ4v) is 11.8. The number of carbonyl (C=O) groups is 4. The van der Waals surface area contributed by atoms with Crippen molar-refractivity contribution in [2.45, 2.75) is 316 Å². The van der Waals surface area contributed by atoms with Gasteiger partial charge in [-0.05, 0) is 186 Å². The third kappa shape index (κ3) is 80.0. The predicted molar refractivity (Wildman–Crippen MR) is 454 cm³/mol. The van der Waals surface area contributed by atoms with Crippen molar-refractivity contribution in [1.82, 2.24) is 0 Å². The van der Waals surface area contributed by atoms with Crippen molar-refractivity contribution in [2.24, 2.45) is 0 Å². The van der Waals surface area contributed by atoms with Crippen LogP contribution in [-0.2, 0) is 65.4 Å². The van der Waals surface area contributed by atoms with Gasteiger partial charge < -0.3 is 33.8 Å². The fourth-order valence-electron chi connectivity index (χ4n) is 10.2. The van der Waals surface area contributed by atoms with Crippen molar-refractivity contribution in [3.63, 3.8) is 0 Å². The number of carbonyl (C=O) groups excluding carboxylic acids is 4. The lowest BCUT2D eigenvalue weighted by Crippen LogP contribution is -2.30. The van der Waals surface area contributed by atoms with Gasteiger partial charge >= 0.3 is 39.5 Å². The van der Waals surface area contributed by atoms with Crippen molar-refractivity contribution in [3.8, 4) is 0 Å². The first kappa shape index (κ1) is 104. The summed E-state index contributed by atoms with van der Waals surface area (Å²) in [5.74, 6) is -2.35. The molecule has 0 spiro atoms. The summed E-state index contributed by atoms with van der Waals surface area (Å²) in [6.45, 7) is 4.42. The molecule has 0 aromatic carbocycles. The van der Waals surface area contributed by atoms with E-state index in [2.05, 4.69) is 210 Å². The Morgan fingerprint density at radius 3 is 0.773 bits per heavy atom. The second-order valence-electron chi connectivity index (χ2n) is 26.9. The van der Waals surface area contributed by atoms with Crippen LogP contribution in [0, 0.1) is 0 Å². The Bertz CT molecular complexity index is 2850. The Labute approximate surface area is 666 Å². The molecule has 0 saturated heterocycles. The second-order valence-corrected chi connectivity index (χ2v) is 29.8. The van der Waals surface area contributed by atoms with Gasteiger partial charge in [0.15, 0.2) is 12.2 Å². The van der Waals surface area contributed by atoms with Crippen LogP contribution in [0.5, 0.6) is 0 Å². The quantitative estimate of drug-likeness (QED) is 0.0169. The first-order chi connectivity index (χ1) is 53.7. The maximum Gasteiger partial charge on any atom is 0.472 e. The molecule has 0 saturated carbocycles. The highest BCUT2D eigenvalue weighted by molar-refractivity contribution is 7.47. The summed E-state index contributed by atoms with van der Waals surface area (Å²) >= 11 is 0. The summed E-state index contributed by atoms with van der Waals surface area (Å²) in [4.78, 5) is 73.2. The van der Waals surface area contributed by atoms with Gasteiger partial charge in [0.1, 0.15) is 19.3 Å². The zero-order chi connectivity index (χ0) is 80.3. The standard InChI is InChI=1S/C91H146O17P2/c1-5-9-13-17-21-25-29-33-37-40-42-45-48-52-56-60-64-68-72-76-89(94)102-82-87(107-90(95)77-73-69-65-61-57-53-49-44-39-35-31-27-23-19-15-11-7-3)84-106-110(99,100)104-80-85(92)79-103-109(97,98)105-83-86(81-101-88(93)75-71-67-63-59-55-51-47-36-32-28-24-20-16-12-8-4)108-91(96)78-74-70-66-62-58-54-50-46-43-41-38-34-30-26-22-18-14-10-6-2/h9-10,13-14,21-28,33-39,42-43,45-47,49,52-54,56,58,61,65,85-87,92H,5-8,11-12,15-20,29-32,40-41,44,48,50-51,55,57,59-60,62-64,66-84H2,1-4H3,(H,97,98)(H,99,100)/b13-9-,14-10-,25-21-,26-22-,27-23-,28-24-,37-33-,38-34-,39-35-,45-42-,46-43-,47-36-,53-49-,56-52-,58-54-,65-61-/t85-,86+,87+/m0/s1. The topological polar surface area (TPSA) is 237 Å². The highest BCUT2D eigenvalue weighted by Crippen LogP contribution is 2.45. The van der Waals surface area contributed by atoms with Gasteiger partial charge in [-0.1, -0.05) is 280 Å². The number of rotatable bonds is 76. The summed E-state index contributed by atoms with van der Waals surface area (Å²) in [5.41, 5.74) is 0. The zero-order valence-corrected chi connectivity index (χ0v) is 69.9. The van der Waals surface area contributed by atoms with E-state index in [-0.39, 0.29) is 25.7 Å². The Hall–Kier alpha value is -6.10. The number of aliphatic hydroxyl groups excluding tert-OH is 1. The molecule has 0 heterocycles. The molecule has 0 aromatic heterocycles. The molecule has 0 rings (SSSR count). The van der Waals surface area contributed by atoms with Crippen LogP contribution in [0.1, 0.15) is 297 Å². The number of hydrogen-bond acceptors (Lipinski definition) is 15. The Kier molecular flexibility index (Phi) is 76.4. The van der Waals surface area contributed by atoms with Crippen LogP contribution >= 0.6 is 15.6 Å². The molecule has 110 heavy (non-hydrogen) atoms. The molecule has 0 amide bonds. The SMILES string of the molecule is CC/C=C\C/C=C\C/C=C\C/C=C\C/C=C\CCCCCC(=O)OC[C@H](COP(=O)(O)OC[C@@H](O)COP(=O)(O)OC[C@@H](COC(=O)CCCCCCC/C=C\C/C=C\CCCCC)OC(=O)CCCCC/C=C\C/C=C\C/C=C\C/C=C\C/C=C\CC)OC(=O)CCC/C=C\C/C=C\C/C=C\C/C=C\CCCCC. The van der Waals surface area contributed by atoms with Gasteiger partial charge in [-0.25, -0.2) is 9.13 Å². The van der Waals surface area contributed by atoms with Gasteiger partial charge in [0, 0.05) is 25.7 Å². The monoisotopic (exact) mass is 1570 g/mol. The number of allylic oxidation sites excluding steroid dienone is 32. The van der Waals surface area contributed by atoms with Crippen molar-refractivity contribution < 1.29 is 80.2 Å². The highest BCUT2D eigenvalue weighted by atomic mass is 31.2. The van der Waals surface area contributed by atoms with E-state index in [0.29, 0.717) is 32.1 Å². The average Bonchev–Trinajstić information content (AvgIpc) is 0.906. The van der Waals surface area contributed by atoms with E-state index >= 15 is 0 Å². The second kappa shape index (κ2) is 80.9. The number of phosphoric ester groups is 2. The molecule has 17 nitrogen and oxygen atoms in total. The summed E-state index contributed by atoms with van der Waals surface area (Å²) in [6.07, 6.45) is 99.8. The summed E-state index contributed by atoms with van der Waals surface area (Å²) in [5, 5.41) is 10.7. The van der Waals surface area contributed by atoms with Gasteiger partial charge in [0.05, 0.1) is 26.4 Å². The number of hydrogen-bond donors (Lipinski definition) is 3. The molecule has 622 valence electrons. The molecule has 0 bridgehead atoms. The number of unbranched alkanes of at least 4 members (excludes halogenated alkanes) is 18. The first-order valence-electron chi connectivity index (χ1n) is 41.7. The lowest BCUT2D eigenvalue weighted by molar-refractivity contribution is -0.161. The van der Waals surface area contributed by atoms with Crippen molar-refractivity contribution in [3.05, 3.63) is 194 Å². The van der Waals surface area contributed by atoms with Gasteiger partial charge in [-0.15, -0.1) is 0 Å². The minimum absolute atomic E-state index is 0.00261. The Morgan fingerprint density at radius 1 is 0.264 bits per heavy atom. The third-order valence-electron chi connectivity index (χ3n) is 16.5. The highest BCUT2D eigenvalue weighted by Gasteiger charge is 2.30. The molecule has 2 unspecified atom stereocenters. The van der Waals surface area contributed by atoms with Gasteiger partial charge in [-0.2, -0.15) is 0 Å². The van der Waals surface area contributed by atoms with Crippen molar-refractivity contribution >= 4 is 39.5 Å². The van der Waals surface area contributed by atoms with E-state index < -0.39 is 97.5 Å². The Balaban J connectivity index is 5.53. The molecule has 0 radical (unpaired) electrons. The van der Waals surface area contributed by atoms with Gasteiger partial charge in [-0.3, -0.25) is 37.3 Å². The lowest BCUT2D eigenvalue weighted by atomic mass is 10.1. The minimum atomic E-state index is -5.02. The third-order valence-corrected chi connectivity index (χ3v) is 18.4. The smallest absolute Gasteiger partial charge is 0.462 e. The van der Waals surface area contributed by atoms with E-state index in [1.807, 2.05) is 12.2 Å². The summed E-state index contributed by atoms with van der Waals surface area (Å²) < 4.78 is 68.6. The average molecular weight is 1570 g/mol. The zero-order valence-electron chi connectivity index (χ0n) is 68.1. The molecule has 5 atom stereocenters. The number of phosphoric acid groups is 2. The Morgan fingerprint density at radius 2 is 0.482 bits per heavy atom. The van der Waals surface area contributed by atoms with E-state index in [1.54, 1.807) is 0 Å². The van der Waals surface area contributed by atoms with Crippen LogP contribution in [-0.4, -0.2) is 96.7 Å². The number of ether oxygens (including phenoxy) is 4. The van der Waals surface area contributed by atoms with E-state index in [1.165, 1.54) is 38.5 Å². The van der Waals surface area contributed by atoms with Crippen LogP contribution in [0.2, 0.25) is 0 Å². The van der Waals surface area contributed by atoms with Crippen LogP contribution in [0.15, 0.2) is 194 Å². The maximum atomic E-state index is 13.1. The molecular formula is C91H146O17P2. The molecule has 0 aliphatic carbocycles. The van der Waals surface area contributed by atoms with Crippen LogP contribution in [0.25, 0.3) is 0 Å². The van der Waals surface area contributed by atoms with Gasteiger partial charge in [0.25, 0.3) is 0 Å². The first-order valence-corrected chi connectivity index (χ1v) is 44.7. The van der Waals surface area contributed by atoms with Crippen molar-refractivity contribution in [2.75, 3.05) is 39.6 Å². The molecular weight excluding hydrogens is 1430 g/mol. The maximum absolute atomic E-state index is 13.1. The summed E-state index contributed by atoms with van der Waals surface area (Å²) in [7, 11) is -10.0. The molecule has 0 aromatic rings. The number of aliphatic hydroxyl groups is 1. The van der Waals surface area contributed by atoms with Crippen LogP contribution < -0.4 is 0 Å². The molecule has 0 aliphatic rings. The number of esters is 4. The molecule has 0 fully saturated rings. The van der Waals surface area contributed by atoms with E-state index in [0.717, 1.165) is 173 Å². The largest absolute Gasteiger partial charge is 0.472 e. The molecule has 3 N–H and O–H groups in total. The van der Waals surface area contributed by atoms with Gasteiger partial charge in [0.2, 0.25) is 0 Å². The van der Waals surface area contributed by atoms with Crippen LogP contribution in [0.4, 0.5) is 0 Å². The lowest BCUT2D eigenvalue weighted by Gasteiger charge is -2.21. The van der Waals surface area contributed by atoms with Crippen LogP contribution in [0.3, 0.4) is 0 Å². The minimum Gasteiger partial charge on any atom is -0.462 e. The fraction of sp³-hybridized carbons (Fsp3) is 0.604. The van der Waals surface area contributed by atoms with E-state index in [9.17, 15) is 43.2 Å². The predicted octanol–water partition coefficient (Wildman–Crippen LogP) is 24.9. The van der Waals surface area contributed by atoms with E-state index in [4.69, 9.17) is 37.0 Å². The normalized spacial score (nSPS) is 14.8. The van der Waals surface area contributed by atoms with Crippen molar-refractivity contribution in [1.29, 1.82) is 0 Å². The molecule has 19 heteroatoms. The summed E-state index contributed by atoms with van der Waals surface area (Å²) in [6, 6.07) is 0. The molecule has 0 aliphatic heterocycles.